The van der Waals surface area contributed by atoms with Crippen LogP contribution in [0.4, 0.5) is 11.6 Å². The minimum absolute atomic E-state index is 0.0768. The summed E-state index contributed by atoms with van der Waals surface area (Å²) in [7, 11) is 1.86. The third-order valence-corrected chi connectivity index (χ3v) is 6.88. The third-order valence-electron chi connectivity index (χ3n) is 6.88. The molecule has 4 heterocycles. The smallest absolute Gasteiger partial charge is 0.238 e. The summed E-state index contributed by atoms with van der Waals surface area (Å²) >= 11 is 0. The number of carbonyl (C=O) groups is 1. The number of nitrogens with zero attached hydrogens (tertiary/aromatic N) is 7. The van der Waals surface area contributed by atoms with Crippen molar-refractivity contribution in [2.75, 3.05) is 18.4 Å². The van der Waals surface area contributed by atoms with Crippen LogP contribution in [0.2, 0.25) is 0 Å². The van der Waals surface area contributed by atoms with Crippen LogP contribution in [0.25, 0.3) is 11.3 Å². The molecule has 5 rings (SSSR count). The average molecular weight is 515 g/mol. The molecule has 0 saturated heterocycles. The second-order valence-corrected chi connectivity index (χ2v) is 10.9. The van der Waals surface area contributed by atoms with Gasteiger partial charge in [-0.15, -0.1) is 0 Å². The van der Waals surface area contributed by atoms with E-state index in [1.807, 2.05) is 40.1 Å². The van der Waals surface area contributed by atoms with E-state index in [9.17, 15) is 4.79 Å². The number of Topliss-reactive ketones (excluding diaryl/α,β-unsaturated/α-hetero) is 1. The van der Waals surface area contributed by atoms with E-state index in [1.54, 1.807) is 17.1 Å². The van der Waals surface area contributed by atoms with Crippen LogP contribution in [-0.4, -0.2) is 53.7 Å². The molecule has 198 valence electrons. The van der Waals surface area contributed by atoms with E-state index in [1.165, 1.54) is 11.1 Å². The lowest BCUT2D eigenvalue weighted by Gasteiger charge is -2.18. The summed E-state index contributed by atoms with van der Waals surface area (Å²) < 4.78 is 7.09. The molecule has 0 bridgehead atoms. The fraction of sp³-hybridized carbons (Fsp3) is 0.429. The largest absolute Gasteiger partial charge is 0.338 e. The number of nitrogens with one attached hydrogen (secondary N) is 1. The highest BCUT2D eigenvalue weighted by molar-refractivity contribution is 5.93. The van der Waals surface area contributed by atoms with Crippen molar-refractivity contribution in [2.45, 2.75) is 58.4 Å². The third kappa shape index (κ3) is 5.65. The summed E-state index contributed by atoms with van der Waals surface area (Å²) in [5.41, 5.74) is 4.78. The van der Waals surface area contributed by atoms with E-state index >= 15 is 0 Å². The SMILES string of the molecule is CCN1CCC(CC(=O)c2noc(C(C)(C)C)n2)c2ccc(-c3ccnc(Nc4cnn(C)c4)n3)cc2C1. The van der Waals surface area contributed by atoms with E-state index in [0.717, 1.165) is 43.0 Å². The number of rotatable bonds is 7. The first kappa shape index (κ1) is 25.7. The van der Waals surface area contributed by atoms with Crippen molar-refractivity contribution in [3.63, 3.8) is 0 Å². The lowest BCUT2D eigenvalue weighted by atomic mass is 9.87. The van der Waals surface area contributed by atoms with Gasteiger partial charge in [-0.1, -0.05) is 45.0 Å². The Morgan fingerprint density at radius 1 is 1.21 bits per heavy atom. The Labute approximate surface area is 222 Å². The molecule has 0 amide bonds. The van der Waals surface area contributed by atoms with E-state index in [4.69, 9.17) is 9.51 Å². The molecule has 0 aliphatic carbocycles. The van der Waals surface area contributed by atoms with Crippen LogP contribution in [-0.2, 0) is 19.0 Å². The van der Waals surface area contributed by atoms with Crippen molar-refractivity contribution in [3.05, 3.63) is 65.7 Å². The molecule has 0 fully saturated rings. The van der Waals surface area contributed by atoms with Gasteiger partial charge in [0, 0.05) is 43.4 Å². The number of fused-ring (bicyclic) bond motifs is 1. The molecule has 3 aromatic heterocycles. The summed E-state index contributed by atoms with van der Waals surface area (Å²) in [6, 6.07) is 8.34. The number of aromatic nitrogens is 6. The first-order valence-corrected chi connectivity index (χ1v) is 13.0. The zero-order valence-corrected chi connectivity index (χ0v) is 22.6. The minimum atomic E-state index is -0.299. The monoisotopic (exact) mass is 514 g/mol. The zero-order chi connectivity index (χ0) is 26.9. The van der Waals surface area contributed by atoms with Crippen LogP contribution in [0, 0.1) is 0 Å². The quantitative estimate of drug-likeness (QED) is 0.344. The summed E-state index contributed by atoms with van der Waals surface area (Å²) in [5, 5.41) is 11.4. The van der Waals surface area contributed by atoms with Crippen molar-refractivity contribution < 1.29 is 9.32 Å². The highest BCUT2D eigenvalue weighted by Gasteiger charge is 2.28. The van der Waals surface area contributed by atoms with Gasteiger partial charge in [0.25, 0.3) is 0 Å². The van der Waals surface area contributed by atoms with E-state index in [0.29, 0.717) is 18.3 Å². The highest BCUT2D eigenvalue weighted by atomic mass is 16.5. The van der Waals surface area contributed by atoms with Gasteiger partial charge in [0.2, 0.25) is 23.4 Å². The Balaban J connectivity index is 1.40. The first-order valence-electron chi connectivity index (χ1n) is 13.0. The molecule has 4 aromatic rings. The van der Waals surface area contributed by atoms with Crippen molar-refractivity contribution in [1.82, 2.24) is 34.8 Å². The minimum Gasteiger partial charge on any atom is -0.338 e. The van der Waals surface area contributed by atoms with Crippen LogP contribution in [0.15, 0.2) is 47.4 Å². The van der Waals surface area contributed by atoms with Crippen LogP contribution >= 0.6 is 0 Å². The molecule has 1 aliphatic rings. The lowest BCUT2D eigenvalue weighted by Crippen LogP contribution is -2.22. The molecule has 0 saturated carbocycles. The van der Waals surface area contributed by atoms with Crippen molar-refractivity contribution in [3.8, 4) is 11.3 Å². The molecular weight excluding hydrogens is 480 g/mol. The number of anilines is 2. The normalized spacial score (nSPS) is 16.2. The number of carbonyl (C=O) groups excluding carboxylic acids is 1. The van der Waals surface area contributed by atoms with E-state index in [-0.39, 0.29) is 22.9 Å². The molecular formula is C28H34N8O2. The van der Waals surface area contributed by atoms with Gasteiger partial charge >= 0.3 is 0 Å². The molecule has 1 aromatic carbocycles. The molecule has 1 atom stereocenters. The lowest BCUT2D eigenvalue weighted by molar-refractivity contribution is 0.0958. The van der Waals surface area contributed by atoms with Crippen LogP contribution < -0.4 is 5.32 Å². The van der Waals surface area contributed by atoms with Crippen molar-refractivity contribution in [2.24, 2.45) is 7.05 Å². The van der Waals surface area contributed by atoms with Crippen LogP contribution in [0.1, 0.15) is 74.1 Å². The van der Waals surface area contributed by atoms with Gasteiger partial charge in [0.15, 0.2) is 0 Å². The highest BCUT2D eigenvalue weighted by Crippen LogP contribution is 2.34. The van der Waals surface area contributed by atoms with Crippen molar-refractivity contribution in [1.29, 1.82) is 0 Å². The van der Waals surface area contributed by atoms with Gasteiger partial charge < -0.3 is 9.84 Å². The zero-order valence-electron chi connectivity index (χ0n) is 22.6. The van der Waals surface area contributed by atoms with Crippen LogP contribution in [0.5, 0.6) is 0 Å². The average Bonchev–Trinajstić information content (AvgIpc) is 3.51. The maximum atomic E-state index is 13.2. The first-order chi connectivity index (χ1) is 18.2. The van der Waals surface area contributed by atoms with E-state index < -0.39 is 0 Å². The van der Waals surface area contributed by atoms with E-state index in [2.05, 4.69) is 55.6 Å². The van der Waals surface area contributed by atoms with Gasteiger partial charge in [-0.2, -0.15) is 10.1 Å². The predicted octanol–water partition coefficient (Wildman–Crippen LogP) is 4.88. The molecule has 0 spiro atoms. The fourth-order valence-electron chi connectivity index (χ4n) is 4.75. The molecule has 1 aliphatic heterocycles. The number of hydrogen-bond acceptors (Lipinski definition) is 9. The number of hydrogen-bond donors (Lipinski definition) is 1. The second kappa shape index (κ2) is 10.4. The van der Waals surface area contributed by atoms with Gasteiger partial charge in [0.1, 0.15) is 0 Å². The Morgan fingerprint density at radius 2 is 2.05 bits per heavy atom. The van der Waals surface area contributed by atoms with Gasteiger partial charge in [-0.3, -0.25) is 14.4 Å². The molecule has 1 N–H and O–H groups in total. The molecule has 10 heteroatoms. The molecule has 1 unspecified atom stereocenters. The predicted molar refractivity (Wildman–Crippen MR) is 144 cm³/mol. The Morgan fingerprint density at radius 3 is 2.76 bits per heavy atom. The summed E-state index contributed by atoms with van der Waals surface area (Å²) in [6.07, 6.45) is 6.60. The Bertz CT molecular complexity index is 1430. The summed E-state index contributed by atoms with van der Waals surface area (Å²) in [6.45, 7) is 10.8. The second-order valence-electron chi connectivity index (χ2n) is 10.9. The molecule has 10 nitrogen and oxygen atoms in total. The Hall–Kier alpha value is -3.92. The Kier molecular flexibility index (Phi) is 7.07. The summed E-state index contributed by atoms with van der Waals surface area (Å²) in [4.78, 5) is 29.1. The number of aryl methyl sites for hydroxylation is 1. The standard InChI is InChI=1S/C28H34N8O2/c1-6-36-12-10-18(14-24(37)25-33-26(38-34-25)28(2,3)4)22-8-7-19(13-20(22)16-36)23-9-11-29-27(32-23)31-21-15-30-35(5)17-21/h7-9,11,13,15,17-18H,6,10,12,14,16H2,1-5H3,(H,29,31,32). The van der Waals surface area contributed by atoms with Gasteiger partial charge in [0.05, 0.1) is 17.6 Å². The number of ketones is 1. The molecule has 0 radical (unpaired) electrons. The number of benzene rings is 1. The summed E-state index contributed by atoms with van der Waals surface area (Å²) in [5.74, 6) is 1.15. The maximum absolute atomic E-state index is 13.2. The van der Waals surface area contributed by atoms with Gasteiger partial charge in [-0.05, 0) is 48.7 Å². The topological polar surface area (TPSA) is 115 Å². The fourth-order valence-corrected chi connectivity index (χ4v) is 4.75. The molecule has 38 heavy (non-hydrogen) atoms. The van der Waals surface area contributed by atoms with Crippen LogP contribution in [0.3, 0.4) is 0 Å². The van der Waals surface area contributed by atoms with Crippen molar-refractivity contribution >= 4 is 17.4 Å². The van der Waals surface area contributed by atoms with Gasteiger partial charge in [-0.25, -0.2) is 9.97 Å². The maximum Gasteiger partial charge on any atom is 0.238 e.